The third-order valence-electron chi connectivity index (χ3n) is 6.47. The van der Waals surface area contributed by atoms with Crippen LogP contribution in [0, 0.1) is 10.1 Å². The number of fused-ring (bicyclic) bond motifs is 1. The van der Waals surface area contributed by atoms with Crippen molar-refractivity contribution in [1.29, 1.82) is 0 Å². The molecule has 10 nitrogen and oxygen atoms in total. The number of allylic oxidation sites excluding steroid dienone is 2. The summed E-state index contributed by atoms with van der Waals surface area (Å²) in [5, 5.41) is 17.6. The normalized spacial score (nSPS) is 19.1. The minimum absolute atomic E-state index is 0.0929. The van der Waals surface area contributed by atoms with Crippen molar-refractivity contribution < 1.29 is 32.4 Å². The molecule has 1 N–H and O–H groups in total. The van der Waals surface area contributed by atoms with Gasteiger partial charge >= 0.3 is 6.18 Å². The lowest BCUT2D eigenvalue weighted by Crippen LogP contribution is -2.33. The number of alkyl halides is 3. The third-order valence-corrected chi connectivity index (χ3v) is 6.47. The number of halogens is 3. The largest absolute Gasteiger partial charge is 0.493 e. The van der Waals surface area contributed by atoms with Gasteiger partial charge in [-0.3, -0.25) is 14.9 Å². The van der Waals surface area contributed by atoms with Crippen molar-refractivity contribution in [1.82, 2.24) is 14.8 Å². The molecule has 2 heterocycles. The van der Waals surface area contributed by atoms with Crippen LogP contribution in [-0.4, -0.2) is 39.7 Å². The molecule has 0 unspecified atom stereocenters. The lowest BCUT2D eigenvalue weighted by atomic mass is 9.78. The molecule has 2 aliphatic rings. The van der Waals surface area contributed by atoms with Crippen LogP contribution in [0.2, 0.25) is 0 Å². The summed E-state index contributed by atoms with van der Waals surface area (Å²) in [6.07, 6.45) is -4.40. The maximum Gasteiger partial charge on any atom is 0.453 e. The maximum atomic E-state index is 13.5. The summed E-state index contributed by atoms with van der Waals surface area (Å²) in [5.74, 6) is -1.09. The molecule has 1 aliphatic carbocycles. The number of nitrogens with one attached hydrogen (secondary N) is 1. The van der Waals surface area contributed by atoms with Crippen LogP contribution in [0.15, 0.2) is 53.7 Å². The van der Waals surface area contributed by atoms with E-state index in [1.807, 2.05) is 6.07 Å². The van der Waals surface area contributed by atoms with Crippen LogP contribution < -0.4 is 14.8 Å². The number of nitrogens with zero attached hydrogens (tertiary/aromatic N) is 4. The van der Waals surface area contributed by atoms with Gasteiger partial charge in [0.2, 0.25) is 5.95 Å². The molecule has 0 bridgehead atoms. The monoisotopic (exact) mass is 515 g/mol. The average molecular weight is 515 g/mol. The molecule has 0 fully saturated rings. The van der Waals surface area contributed by atoms with Crippen molar-refractivity contribution in [2.75, 3.05) is 19.5 Å². The molecule has 2 aromatic carbocycles. The SMILES string of the molecule is COc1ccc([C@H]2CC(=O)C3=C(C2)Nc2nc(C(F)(F)F)nn2[C@H]3c2ccc([N+](=O)[O-])cc2)cc1OC. The fourth-order valence-electron chi connectivity index (χ4n) is 4.76. The Kier molecular flexibility index (Phi) is 5.85. The minimum Gasteiger partial charge on any atom is -0.493 e. The molecule has 3 aromatic rings. The summed E-state index contributed by atoms with van der Waals surface area (Å²) in [4.78, 5) is 27.7. The highest BCUT2D eigenvalue weighted by Crippen LogP contribution is 2.46. The van der Waals surface area contributed by atoms with Crippen molar-refractivity contribution in [3.05, 3.63) is 80.8 Å². The van der Waals surface area contributed by atoms with Crippen LogP contribution in [0.1, 0.15) is 41.8 Å². The van der Waals surface area contributed by atoms with E-state index in [-0.39, 0.29) is 35.3 Å². The summed E-state index contributed by atoms with van der Waals surface area (Å²) in [7, 11) is 3.01. The number of aromatic nitrogens is 3. The number of non-ortho nitro benzene ring substituents is 1. The van der Waals surface area contributed by atoms with Crippen molar-refractivity contribution in [3.63, 3.8) is 0 Å². The summed E-state index contributed by atoms with van der Waals surface area (Å²) < 4.78 is 52.1. The van der Waals surface area contributed by atoms with E-state index in [2.05, 4.69) is 15.4 Å². The number of nitro groups is 1. The van der Waals surface area contributed by atoms with Gasteiger partial charge in [-0.25, -0.2) is 4.68 Å². The minimum atomic E-state index is -4.81. The van der Waals surface area contributed by atoms with Gasteiger partial charge in [0.05, 0.1) is 19.1 Å². The zero-order chi connectivity index (χ0) is 26.5. The number of Topliss-reactive ketones (excluding diaryl/α,β-unsaturated/α-hetero) is 1. The number of benzene rings is 2. The molecule has 13 heteroatoms. The van der Waals surface area contributed by atoms with Gasteiger partial charge in [-0.15, -0.1) is 5.10 Å². The predicted octanol–water partition coefficient (Wildman–Crippen LogP) is 4.64. The van der Waals surface area contributed by atoms with Gasteiger partial charge in [0.1, 0.15) is 6.04 Å². The molecule has 37 heavy (non-hydrogen) atoms. The Balaban J connectivity index is 1.59. The Labute approximate surface area is 207 Å². The van der Waals surface area contributed by atoms with Gasteiger partial charge in [0.25, 0.3) is 11.5 Å². The number of carbonyl (C=O) groups is 1. The van der Waals surface area contributed by atoms with E-state index in [0.717, 1.165) is 10.2 Å². The fourth-order valence-corrected chi connectivity index (χ4v) is 4.76. The number of hydrogen-bond acceptors (Lipinski definition) is 8. The number of anilines is 1. The van der Waals surface area contributed by atoms with Gasteiger partial charge in [-0.1, -0.05) is 6.07 Å². The lowest BCUT2D eigenvalue weighted by molar-refractivity contribution is -0.384. The zero-order valence-corrected chi connectivity index (χ0v) is 19.6. The molecule has 0 amide bonds. The molecule has 192 valence electrons. The summed E-state index contributed by atoms with van der Waals surface area (Å²) in [5.41, 5.74) is 1.65. The first kappa shape index (κ1) is 24.3. The van der Waals surface area contributed by atoms with Crippen molar-refractivity contribution >= 4 is 17.4 Å². The number of rotatable bonds is 5. The topological polar surface area (TPSA) is 121 Å². The number of hydrogen-bond donors (Lipinski definition) is 1. The molecular formula is C24H20F3N5O5. The number of carbonyl (C=O) groups excluding carboxylic acids is 1. The number of nitro benzene ring substituents is 1. The lowest BCUT2D eigenvalue weighted by Gasteiger charge is -2.35. The van der Waals surface area contributed by atoms with Gasteiger partial charge in [-0.05, 0) is 47.7 Å². The standard InChI is InChI=1S/C24H20F3N5O5/c1-36-18-8-5-13(11-19(18)37-2)14-9-16-20(17(33)10-14)21(12-3-6-15(7-4-12)32(34)35)31-23(28-16)29-22(30-31)24(25,26)27/h3-8,11,14,21H,9-10H2,1-2H3,(H,28,29,30)/t14-,21+/m1/s1. The smallest absolute Gasteiger partial charge is 0.453 e. The Hall–Kier alpha value is -4.42. The highest BCUT2D eigenvalue weighted by atomic mass is 19.4. The fraction of sp³-hybridized carbons (Fsp3) is 0.292. The van der Waals surface area contributed by atoms with Crippen molar-refractivity contribution in [2.45, 2.75) is 31.0 Å². The summed E-state index contributed by atoms with van der Waals surface area (Å²) >= 11 is 0. The van der Waals surface area contributed by atoms with E-state index in [0.29, 0.717) is 29.2 Å². The van der Waals surface area contributed by atoms with Gasteiger partial charge in [0, 0.05) is 29.8 Å². The first-order chi connectivity index (χ1) is 17.6. The quantitative estimate of drug-likeness (QED) is 0.385. The molecule has 0 spiro atoms. The van der Waals surface area contributed by atoms with Gasteiger partial charge in [-0.2, -0.15) is 18.2 Å². The number of ether oxygens (including phenoxy) is 2. The van der Waals surface area contributed by atoms with Gasteiger partial charge in [0.15, 0.2) is 17.3 Å². The Morgan fingerprint density at radius 1 is 1.05 bits per heavy atom. The van der Waals surface area contributed by atoms with Crippen LogP contribution in [-0.2, 0) is 11.0 Å². The molecule has 0 saturated heterocycles. The molecule has 1 aromatic heterocycles. The molecule has 1 aliphatic heterocycles. The van der Waals surface area contributed by atoms with Crippen molar-refractivity contribution in [2.24, 2.45) is 0 Å². The second kappa shape index (κ2) is 8.91. The first-order valence-electron chi connectivity index (χ1n) is 11.1. The van der Waals surface area contributed by atoms with Crippen LogP contribution >= 0.6 is 0 Å². The number of ketones is 1. The molecule has 2 atom stereocenters. The Bertz CT molecular complexity index is 1430. The molecule has 0 saturated carbocycles. The van der Waals surface area contributed by atoms with Crippen LogP contribution in [0.4, 0.5) is 24.8 Å². The first-order valence-corrected chi connectivity index (χ1v) is 11.1. The predicted molar refractivity (Wildman–Crippen MR) is 123 cm³/mol. The molecular weight excluding hydrogens is 495 g/mol. The molecule has 5 rings (SSSR count). The van der Waals surface area contributed by atoms with E-state index in [9.17, 15) is 28.1 Å². The second-order valence-corrected chi connectivity index (χ2v) is 8.61. The highest BCUT2D eigenvalue weighted by Gasteiger charge is 2.43. The van der Waals surface area contributed by atoms with Crippen LogP contribution in [0.5, 0.6) is 11.5 Å². The average Bonchev–Trinajstić information content (AvgIpc) is 3.31. The summed E-state index contributed by atoms with van der Waals surface area (Å²) in [6, 6.07) is 9.56. The Morgan fingerprint density at radius 2 is 1.73 bits per heavy atom. The van der Waals surface area contributed by atoms with E-state index >= 15 is 0 Å². The van der Waals surface area contributed by atoms with E-state index in [4.69, 9.17) is 9.47 Å². The Morgan fingerprint density at radius 3 is 2.35 bits per heavy atom. The zero-order valence-electron chi connectivity index (χ0n) is 19.6. The van der Waals surface area contributed by atoms with E-state index in [1.165, 1.54) is 38.5 Å². The van der Waals surface area contributed by atoms with Gasteiger partial charge < -0.3 is 14.8 Å². The maximum absolute atomic E-state index is 13.5. The summed E-state index contributed by atoms with van der Waals surface area (Å²) in [6.45, 7) is 0. The number of methoxy groups -OCH3 is 2. The van der Waals surface area contributed by atoms with E-state index in [1.54, 1.807) is 12.1 Å². The van der Waals surface area contributed by atoms with Crippen LogP contribution in [0.3, 0.4) is 0 Å². The molecule has 0 radical (unpaired) electrons. The third kappa shape index (κ3) is 4.26. The second-order valence-electron chi connectivity index (χ2n) is 8.61. The van der Waals surface area contributed by atoms with E-state index < -0.39 is 23.0 Å². The van der Waals surface area contributed by atoms with Crippen LogP contribution in [0.25, 0.3) is 0 Å². The highest BCUT2D eigenvalue weighted by molar-refractivity contribution is 6.00. The van der Waals surface area contributed by atoms with Crippen molar-refractivity contribution in [3.8, 4) is 11.5 Å².